The number of rotatable bonds is 5. The van der Waals surface area contributed by atoms with Crippen LogP contribution in [0.5, 0.6) is 5.75 Å². The maximum Gasteiger partial charge on any atom is 0.314 e. The fraction of sp³-hybridized carbons (Fsp3) is 0.467. The highest BCUT2D eigenvalue weighted by Gasteiger charge is 2.25. The zero-order chi connectivity index (χ0) is 15.2. The number of nitrogens with two attached hydrogens (primary N) is 1. The number of benzene rings is 1. The number of urea groups is 1. The number of carbonyl (C=O) groups excluding carboxylic acids is 2. The third kappa shape index (κ3) is 4.37. The van der Waals surface area contributed by atoms with E-state index in [1.54, 1.807) is 0 Å². The predicted molar refractivity (Wildman–Crippen MR) is 79.0 cm³/mol. The van der Waals surface area contributed by atoms with Gasteiger partial charge in [-0.05, 0) is 30.5 Å². The molecular weight excluding hydrogens is 270 g/mol. The van der Waals surface area contributed by atoms with Crippen molar-refractivity contribution in [1.29, 1.82) is 0 Å². The number of amides is 3. The van der Waals surface area contributed by atoms with E-state index in [1.807, 2.05) is 24.3 Å². The van der Waals surface area contributed by atoms with Crippen LogP contribution in [0, 0.1) is 0 Å². The molecule has 1 aliphatic heterocycles. The number of hydrogen-bond donors (Lipinski definition) is 2. The van der Waals surface area contributed by atoms with Gasteiger partial charge in [-0.25, -0.2) is 4.79 Å². The van der Waals surface area contributed by atoms with Crippen LogP contribution in [0.15, 0.2) is 24.3 Å². The fourth-order valence-electron chi connectivity index (χ4n) is 2.32. The molecule has 2 rings (SSSR count). The van der Waals surface area contributed by atoms with Crippen molar-refractivity contribution in [3.63, 3.8) is 0 Å². The Morgan fingerprint density at radius 1 is 1.38 bits per heavy atom. The lowest BCUT2D eigenvalue weighted by Gasteiger charge is -2.15. The average Bonchev–Trinajstić information content (AvgIpc) is 2.94. The van der Waals surface area contributed by atoms with Gasteiger partial charge in [0.1, 0.15) is 5.75 Å². The predicted octanol–water partition coefficient (Wildman–Crippen LogP) is 0.897. The summed E-state index contributed by atoms with van der Waals surface area (Å²) in [6, 6.07) is 7.19. The number of aryl methyl sites for hydroxylation is 1. The molecule has 6 nitrogen and oxygen atoms in total. The highest BCUT2D eigenvalue weighted by Crippen LogP contribution is 2.12. The summed E-state index contributed by atoms with van der Waals surface area (Å²) in [7, 11) is 0. The maximum atomic E-state index is 11.8. The minimum Gasteiger partial charge on any atom is -0.484 e. The summed E-state index contributed by atoms with van der Waals surface area (Å²) in [5.74, 6) is 0.485. The van der Waals surface area contributed by atoms with Gasteiger partial charge in [-0.15, -0.1) is 0 Å². The molecule has 1 aromatic carbocycles. The smallest absolute Gasteiger partial charge is 0.314 e. The Morgan fingerprint density at radius 3 is 2.67 bits per heavy atom. The first kappa shape index (κ1) is 15.2. The summed E-state index contributed by atoms with van der Waals surface area (Å²) in [6.45, 7) is 3.10. The number of hydrogen-bond acceptors (Lipinski definition) is 3. The second-order valence-corrected chi connectivity index (χ2v) is 5.12. The molecule has 1 aliphatic rings. The zero-order valence-corrected chi connectivity index (χ0v) is 12.2. The minimum atomic E-state index is -0.445. The molecule has 0 saturated carbocycles. The van der Waals surface area contributed by atoms with Crippen LogP contribution in [-0.2, 0) is 11.2 Å². The van der Waals surface area contributed by atoms with Crippen molar-refractivity contribution in [2.24, 2.45) is 5.73 Å². The Labute approximate surface area is 124 Å². The molecule has 6 heteroatoms. The van der Waals surface area contributed by atoms with Crippen LogP contribution in [0.4, 0.5) is 4.79 Å². The highest BCUT2D eigenvalue weighted by atomic mass is 16.5. The summed E-state index contributed by atoms with van der Waals surface area (Å²) < 4.78 is 5.43. The van der Waals surface area contributed by atoms with Gasteiger partial charge in [-0.2, -0.15) is 0 Å². The molecule has 3 amide bonds. The van der Waals surface area contributed by atoms with Crippen molar-refractivity contribution < 1.29 is 14.3 Å². The molecule has 21 heavy (non-hydrogen) atoms. The van der Waals surface area contributed by atoms with E-state index in [0.29, 0.717) is 18.8 Å². The molecule has 0 radical (unpaired) electrons. The van der Waals surface area contributed by atoms with Crippen LogP contribution in [0.25, 0.3) is 0 Å². The molecule has 0 aromatic heterocycles. The van der Waals surface area contributed by atoms with Crippen LogP contribution >= 0.6 is 0 Å². The first-order valence-electron chi connectivity index (χ1n) is 7.14. The topological polar surface area (TPSA) is 84.7 Å². The second-order valence-electron chi connectivity index (χ2n) is 5.12. The van der Waals surface area contributed by atoms with Crippen molar-refractivity contribution in [1.82, 2.24) is 10.2 Å². The lowest BCUT2D eigenvalue weighted by Crippen LogP contribution is -2.41. The molecule has 0 aliphatic carbocycles. The number of nitrogens with one attached hydrogen (secondary N) is 1. The van der Waals surface area contributed by atoms with E-state index in [-0.39, 0.29) is 18.6 Å². The quantitative estimate of drug-likeness (QED) is 0.845. The molecular formula is C15H21N3O3. The van der Waals surface area contributed by atoms with Crippen molar-refractivity contribution in [3.05, 3.63) is 29.8 Å². The van der Waals surface area contributed by atoms with E-state index < -0.39 is 6.03 Å². The monoisotopic (exact) mass is 291 g/mol. The Bertz CT molecular complexity index is 501. The highest BCUT2D eigenvalue weighted by molar-refractivity contribution is 5.78. The SMILES string of the molecule is CCc1ccc(OCC(=O)N[C@@H]2CCN(C(N)=O)C2)cc1. The average molecular weight is 291 g/mol. The third-order valence-corrected chi connectivity index (χ3v) is 3.57. The van der Waals surface area contributed by atoms with E-state index in [1.165, 1.54) is 10.5 Å². The standard InChI is InChI=1S/C15H21N3O3/c1-2-11-3-5-13(6-4-11)21-10-14(19)17-12-7-8-18(9-12)15(16)20/h3-6,12H,2,7-10H2,1H3,(H2,16,20)(H,17,19)/t12-/m1/s1. The number of ether oxygens (including phenoxy) is 1. The summed E-state index contributed by atoms with van der Waals surface area (Å²) in [5, 5.41) is 2.84. The molecule has 0 spiro atoms. The van der Waals surface area contributed by atoms with Gasteiger partial charge in [-0.1, -0.05) is 19.1 Å². The Morgan fingerprint density at radius 2 is 2.10 bits per heavy atom. The van der Waals surface area contributed by atoms with E-state index in [9.17, 15) is 9.59 Å². The van der Waals surface area contributed by atoms with Crippen LogP contribution in [-0.4, -0.2) is 42.6 Å². The first-order chi connectivity index (χ1) is 10.1. The van der Waals surface area contributed by atoms with Crippen LogP contribution in [0.3, 0.4) is 0 Å². The normalized spacial score (nSPS) is 17.6. The second kappa shape index (κ2) is 6.97. The molecule has 0 unspecified atom stereocenters. The molecule has 1 fully saturated rings. The van der Waals surface area contributed by atoms with Gasteiger partial charge in [0.05, 0.1) is 0 Å². The van der Waals surface area contributed by atoms with Gasteiger partial charge < -0.3 is 20.7 Å². The first-order valence-corrected chi connectivity index (χ1v) is 7.14. The largest absolute Gasteiger partial charge is 0.484 e. The van der Waals surface area contributed by atoms with Gasteiger partial charge in [0, 0.05) is 19.1 Å². The van der Waals surface area contributed by atoms with Crippen LogP contribution < -0.4 is 15.8 Å². The van der Waals surface area contributed by atoms with Gasteiger partial charge in [-0.3, -0.25) is 4.79 Å². The van der Waals surface area contributed by atoms with E-state index >= 15 is 0 Å². The van der Waals surface area contributed by atoms with Crippen molar-refractivity contribution in [2.45, 2.75) is 25.8 Å². The summed E-state index contributed by atoms with van der Waals surface area (Å²) in [5.41, 5.74) is 6.42. The third-order valence-electron chi connectivity index (χ3n) is 3.57. The van der Waals surface area contributed by atoms with E-state index in [0.717, 1.165) is 12.8 Å². The van der Waals surface area contributed by atoms with Crippen LogP contribution in [0.1, 0.15) is 18.9 Å². The summed E-state index contributed by atoms with van der Waals surface area (Å²) in [4.78, 5) is 24.3. The lowest BCUT2D eigenvalue weighted by molar-refractivity contribution is -0.123. The molecule has 3 N–H and O–H groups in total. The lowest BCUT2D eigenvalue weighted by atomic mass is 10.2. The fourth-order valence-corrected chi connectivity index (χ4v) is 2.32. The molecule has 1 atom stereocenters. The van der Waals surface area contributed by atoms with Crippen molar-refractivity contribution >= 4 is 11.9 Å². The Balaban J connectivity index is 1.73. The number of primary amides is 1. The maximum absolute atomic E-state index is 11.8. The van der Waals surface area contributed by atoms with Gasteiger partial charge >= 0.3 is 6.03 Å². The molecule has 1 aromatic rings. The van der Waals surface area contributed by atoms with Gasteiger partial charge in [0.25, 0.3) is 5.91 Å². The molecule has 0 bridgehead atoms. The Kier molecular flexibility index (Phi) is 5.03. The number of carbonyl (C=O) groups is 2. The minimum absolute atomic E-state index is 0.0292. The van der Waals surface area contributed by atoms with Crippen molar-refractivity contribution in [3.8, 4) is 5.75 Å². The summed E-state index contributed by atoms with van der Waals surface area (Å²) >= 11 is 0. The Hall–Kier alpha value is -2.24. The molecule has 1 saturated heterocycles. The van der Waals surface area contributed by atoms with Crippen LogP contribution in [0.2, 0.25) is 0 Å². The number of likely N-dealkylation sites (tertiary alicyclic amines) is 1. The molecule has 114 valence electrons. The summed E-state index contributed by atoms with van der Waals surface area (Å²) in [6.07, 6.45) is 1.69. The zero-order valence-electron chi connectivity index (χ0n) is 12.2. The van der Waals surface area contributed by atoms with Gasteiger partial charge in [0.2, 0.25) is 0 Å². The number of nitrogens with zero attached hydrogens (tertiary/aromatic N) is 1. The van der Waals surface area contributed by atoms with E-state index in [2.05, 4.69) is 12.2 Å². The molecule has 1 heterocycles. The van der Waals surface area contributed by atoms with Gasteiger partial charge in [0.15, 0.2) is 6.61 Å². The van der Waals surface area contributed by atoms with E-state index in [4.69, 9.17) is 10.5 Å². The van der Waals surface area contributed by atoms with Crippen molar-refractivity contribution in [2.75, 3.05) is 19.7 Å².